The smallest absolute Gasteiger partial charge is 0.304 e. The summed E-state index contributed by atoms with van der Waals surface area (Å²) in [7, 11) is 0. The number of nitrogens with zero attached hydrogens (tertiary/aromatic N) is 1. The van der Waals surface area contributed by atoms with Crippen molar-refractivity contribution in [3.63, 3.8) is 0 Å². The Kier molecular flexibility index (Phi) is 4.52. The van der Waals surface area contributed by atoms with Gasteiger partial charge in [-0.2, -0.15) is 0 Å². The summed E-state index contributed by atoms with van der Waals surface area (Å²) in [6, 6.07) is 4.44. The van der Waals surface area contributed by atoms with Crippen LogP contribution in [0.4, 0.5) is 5.69 Å². The summed E-state index contributed by atoms with van der Waals surface area (Å²) in [4.78, 5) is 35.9. The van der Waals surface area contributed by atoms with Crippen molar-refractivity contribution in [3.8, 4) is 5.75 Å². The lowest BCUT2D eigenvalue weighted by Gasteiger charge is -2.17. The molecule has 1 saturated heterocycles. The largest absolute Gasteiger partial charge is 0.508 e. The predicted molar refractivity (Wildman–Crippen MR) is 78.5 cm³/mol. The standard InChI is InChI=1S/C14H15NO5S/c1-8-6-9(16)2-3-10(8)15-12(17)7-11(14(15)20)21-5-4-13(18)19/h2-3,6,11,16H,4-5,7H2,1H3,(H,18,19). The Morgan fingerprint density at radius 1 is 1.43 bits per heavy atom. The van der Waals surface area contributed by atoms with Gasteiger partial charge < -0.3 is 10.2 Å². The van der Waals surface area contributed by atoms with Gasteiger partial charge in [0.05, 0.1) is 17.4 Å². The molecule has 1 atom stereocenters. The Labute approximate surface area is 125 Å². The normalized spacial score (nSPS) is 18.3. The molecular weight excluding hydrogens is 294 g/mol. The van der Waals surface area contributed by atoms with Crippen molar-refractivity contribution in [2.75, 3.05) is 10.7 Å². The molecule has 1 fully saturated rings. The van der Waals surface area contributed by atoms with Crippen molar-refractivity contribution in [2.24, 2.45) is 0 Å². The van der Waals surface area contributed by atoms with Crippen LogP contribution in [0.5, 0.6) is 5.75 Å². The first-order chi connectivity index (χ1) is 9.90. The van der Waals surface area contributed by atoms with Gasteiger partial charge in [-0.15, -0.1) is 11.8 Å². The van der Waals surface area contributed by atoms with Crippen LogP contribution in [0.15, 0.2) is 18.2 Å². The Morgan fingerprint density at radius 2 is 2.14 bits per heavy atom. The summed E-state index contributed by atoms with van der Waals surface area (Å²) >= 11 is 1.19. The zero-order valence-electron chi connectivity index (χ0n) is 11.4. The number of hydrogen-bond acceptors (Lipinski definition) is 5. The number of aromatic hydroxyl groups is 1. The number of rotatable bonds is 5. The van der Waals surface area contributed by atoms with E-state index in [4.69, 9.17) is 5.11 Å². The van der Waals surface area contributed by atoms with Gasteiger partial charge in [0.2, 0.25) is 11.8 Å². The van der Waals surface area contributed by atoms with Crippen LogP contribution in [0, 0.1) is 6.92 Å². The van der Waals surface area contributed by atoms with Crippen LogP contribution in [0.2, 0.25) is 0 Å². The summed E-state index contributed by atoms with van der Waals surface area (Å²) in [5.74, 6) is -1.19. The van der Waals surface area contributed by atoms with Crippen molar-refractivity contribution in [3.05, 3.63) is 23.8 Å². The number of benzene rings is 1. The van der Waals surface area contributed by atoms with Crippen molar-refractivity contribution >= 4 is 35.2 Å². The lowest BCUT2D eigenvalue weighted by Crippen LogP contribution is -2.31. The number of hydrogen-bond donors (Lipinski definition) is 2. The maximum absolute atomic E-state index is 12.3. The van der Waals surface area contributed by atoms with Crippen molar-refractivity contribution in [1.82, 2.24) is 0 Å². The van der Waals surface area contributed by atoms with Gasteiger partial charge in [0, 0.05) is 12.2 Å². The predicted octanol–water partition coefficient (Wildman–Crippen LogP) is 1.54. The Hall–Kier alpha value is -2.02. The van der Waals surface area contributed by atoms with Crippen LogP contribution in [-0.2, 0) is 14.4 Å². The summed E-state index contributed by atoms with van der Waals surface area (Å²) in [5.41, 5.74) is 1.09. The molecule has 0 aromatic heterocycles. The number of carboxylic acids is 1. The lowest BCUT2D eigenvalue weighted by molar-refractivity contribution is -0.136. The van der Waals surface area contributed by atoms with Crippen LogP contribution in [-0.4, -0.2) is 39.0 Å². The number of aryl methyl sites for hydroxylation is 1. The fraction of sp³-hybridized carbons (Fsp3) is 0.357. The fourth-order valence-electron chi connectivity index (χ4n) is 2.17. The van der Waals surface area contributed by atoms with E-state index in [2.05, 4.69) is 0 Å². The van der Waals surface area contributed by atoms with E-state index in [1.165, 1.54) is 30.0 Å². The van der Waals surface area contributed by atoms with Crippen LogP contribution in [0.3, 0.4) is 0 Å². The van der Waals surface area contributed by atoms with E-state index in [1.807, 2.05) is 0 Å². The number of phenols is 1. The lowest BCUT2D eigenvalue weighted by atomic mass is 10.1. The number of imide groups is 1. The molecule has 1 aliphatic rings. The maximum atomic E-state index is 12.3. The van der Waals surface area contributed by atoms with E-state index in [0.29, 0.717) is 17.0 Å². The molecule has 6 nitrogen and oxygen atoms in total. The number of aliphatic carboxylic acids is 1. The fourth-order valence-corrected chi connectivity index (χ4v) is 3.25. The number of amides is 2. The second-order valence-electron chi connectivity index (χ2n) is 4.75. The molecule has 112 valence electrons. The van der Waals surface area contributed by atoms with E-state index < -0.39 is 11.2 Å². The second kappa shape index (κ2) is 6.17. The second-order valence-corrected chi connectivity index (χ2v) is 6.06. The number of carboxylic acid groups (broad SMARTS) is 1. The van der Waals surface area contributed by atoms with E-state index >= 15 is 0 Å². The first kappa shape index (κ1) is 15.4. The average molecular weight is 309 g/mol. The van der Waals surface area contributed by atoms with Gasteiger partial charge in [-0.3, -0.25) is 14.4 Å². The first-order valence-electron chi connectivity index (χ1n) is 6.40. The third kappa shape index (κ3) is 3.36. The summed E-state index contributed by atoms with van der Waals surface area (Å²) in [6.07, 6.45) is 0.0321. The molecule has 1 aromatic rings. The van der Waals surface area contributed by atoms with Crippen LogP contribution >= 0.6 is 11.8 Å². The Morgan fingerprint density at radius 3 is 2.76 bits per heavy atom. The monoisotopic (exact) mass is 309 g/mol. The third-order valence-corrected chi connectivity index (χ3v) is 4.37. The van der Waals surface area contributed by atoms with E-state index in [9.17, 15) is 19.5 Å². The molecule has 1 unspecified atom stereocenters. The molecular formula is C14H15NO5S. The van der Waals surface area contributed by atoms with E-state index in [-0.39, 0.29) is 30.4 Å². The van der Waals surface area contributed by atoms with Crippen molar-refractivity contribution in [1.29, 1.82) is 0 Å². The highest BCUT2D eigenvalue weighted by molar-refractivity contribution is 8.00. The molecule has 0 spiro atoms. The van der Waals surface area contributed by atoms with Crippen molar-refractivity contribution < 1.29 is 24.6 Å². The zero-order valence-corrected chi connectivity index (χ0v) is 12.2. The molecule has 21 heavy (non-hydrogen) atoms. The molecule has 1 heterocycles. The number of thioether (sulfide) groups is 1. The minimum absolute atomic E-state index is 0.0408. The van der Waals surface area contributed by atoms with E-state index in [0.717, 1.165) is 4.90 Å². The van der Waals surface area contributed by atoms with Gasteiger partial charge in [-0.25, -0.2) is 4.90 Å². The minimum Gasteiger partial charge on any atom is -0.508 e. The third-order valence-electron chi connectivity index (χ3n) is 3.16. The molecule has 0 saturated carbocycles. The topological polar surface area (TPSA) is 94.9 Å². The Bertz CT molecular complexity index is 601. The highest BCUT2D eigenvalue weighted by Gasteiger charge is 2.40. The minimum atomic E-state index is -0.925. The number of anilines is 1. The summed E-state index contributed by atoms with van der Waals surface area (Å²) in [6.45, 7) is 1.71. The molecule has 2 N–H and O–H groups in total. The van der Waals surface area contributed by atoms with Crippen LogP contribution in [0.1, 0.15) is 18.4 Å². The molecule has 2 rings (SSSR count). The number of carbonyl (C=O) groups excluding carboxylic acids is 2. The van der Waals surface area contributed by atoms with Gasteiger partial charge in [0.1, 0.15) is 5.75 Å². The average Bonchev–Trinajstić information content (AvgIpc) is 2.65. The maximum Gasteiger partial charge on any atom is 0.304 e. The quantitative estimate of drug-likeness (QED) is 0.801. The van der Waals surface area contributed by atoms with E-state index in [1.54, 1.807) is 6.92 Å². The highest BCUT2D eigenvalue weighted by Crippen LogP contribution is 2.32. The molecule has 7 heteroatoms. The van der Waals surface area contributed by atoms with Gasteiger partial charge in [-0.05, 0) is 30.7 Å². The molecule has 2 amide bonds. The molecule has 1 aromatic carbocycles. The molecule has 0 aliphatic carbocycles. The molecule has 0 radical (unpaired) electrons. The Balaban J connectivity index is 2.13. The summed E-state index contributed by atoms with van der Waals surface area (Å²) < 4.78 is 0. The van der Waals surface area contributed by atoms with Crippen molar-refractivity contribution in [2.45, 2.75) is 25.0 Å². The number of phenolic OH excluding ortho intramolecular Hbond substituents is 1. The SMILES string of the molecule is Cc1cc(O)ccc1N1C(=O)CC(SCCC(=O)O)C1=O. The van der Waals surface area contributed by atoms with Crippen LogP contribution in [0.25, 0.3) is 0 Å². The van der Waals surface area contributed by atoms with Gasteiger partial charge in [0.25, 0.3) is 0 Å². The first-order valence-corrected chi connectivity index (χ1v) is 7.45. The summed E-state index contributed by atoms with van der Waals surface area (Å²) in [5, 5.41) is 17.4. The highest BCUT2D eigenvalue weighted by atomic mass is 32.2. The van der Waals surface area contributed by atoms with Gasteiger partial charge >= 0.3 is 5.97 Å². The van der Waals surface area contributed by atoms with Gasteiger partial charge in [0.15, 0.2) is 0 Å². The van der Waals surface area contributed by atoms with Gasteiger partial charge in [-0.1, -0.05) is 0 Å². The molecule has 1 aliphatic heterocycles. The zero-order chi connectivity index (χ0) is 15.6. The number of carbonyl (C=O) groups is 3. The molecule has 0 bridgehead atoms. The van der Waals surface area contributed by atoms with Crippen LogP contribution < -0.4 is 4.90 Å².